The highest BCUT2D eigenvalue weighted by atomic mass is 16.7. The molecule has 0 aromatic heterocycles. The molecule has 0 saturated heterocycles. The SMILES string of the molecule is [C-]#[N+]c1ccc(OC2=NO[C@@H](c3ccc(Oc4ccccc4)cc3)C2)cc1. The first kappa shape index (κ1) is 16.7. The minimum Gasteiger partial charge on any atom is -0.457 e. The van der Waals surface area contributed by atoms with Gasteiger partial charge in [-0.05, 0) is 42.0 Å². The Labute approximate surface area is 157 Å². The summed E-state index contributed by atoms with van der Waals surface area (Å²) in [4.78, 5) is 8.86. The summed E-state index contributed by atoms with van der Waals surface area (Å²) >= 11 is 0. The number of ether oxygens (including phenoxy) is 2. The number of oxime groups is 1. The van der Waals surface area contributed by atoms with E-state index in [4.69, 9.17) is 20.9 Å². The third-order valence-corrected chi connectivity index (χ3v) is 4.07. The van der Waals surface area contributed by atoms with Crippen LogP contribution in [0, 0.1) is 6.57 Å². The van der Waals surface area contributed by atoms with E-state index < -0.39 is 0 Å². The molecule has 0 radical (unpaired) electrons. The Hall–Kier alpha value is -3.78. The first-order valence-corrected chi connectivity index (χ1v) is 8.51. The van der Waals surface area contributed by atoms with E-state index in [2.05, 4.69) is 10.0 Å². The second kappa shape index (κ2) is 7.63. The van der Waals surface area contributed by atoms with Crippen molar-refractivity contribution in [2.45, 2.75) is 12.5 Å². The Bertz CT molecular complexity index is 975. The lowest BCUT2D eigenvalue weighted by Crippen LogP contribution is -2.07. The van der Waals surface area contributed by atoms with Gasteiger partial charge in [-0.25, -0.2) is 4.85 Å². The van der Waals surface area contributed by atoms with Gasteiger partial charge in [0.1, 0.15) is 17.2 Å². The molecule has 0 spiro atoms. The average Bonchev–Trinajstić information content (AvgIpc) is 3.18. The van der Waals surface area contributed by atoms with E-state index in [-0.39, 0.29) is 6.10 Å². The Kier molecular flexibility index (Phi) is 4.71. The fourth-order valence-electron chi connectivity index (χ4n) is 2.69. The summed E-state index contributed by atoms with van der Waals surface area (Å²) in [5.41, 5.74) is 1.57. The van der Waals surface area contributed by atoms with Gasteiger partial charge in [-0.1, -0.05) is 47.6 Å². The normalized spacial score (nSPS) is 15.4. The van der Waals surface area contributed by atoms with E-state index in [1.54, 1.807) is 24.3 Å². The van der Waals surface area contributed by atoms with Crippen molar-refractivity contribution in [3.05, 3.63) is 95.8 Å². The summed E-state index contributed by atoms with van der Waals surface area (Å²) in [7, 11) is 0. The van der Waals surface area contributed by atoms with Gasteiger partial charge in [-0.15, -0.1) is 0 Å². The van der Waals surface area contributed by atoms with Crippen molar-refractivity contribution in [3.63, 3.8) is 0 Å². The van der Waals surface area contributed by atoms with Crippen molar-refractivity contribution < 1.29 is 14.3 Å². The highest BCUT2D eigenvalue weighted by Crippen LogP contribution is 2.30. The number of benzene rings is 3. The highest BCUT2D eigenvalue weighted by molar-refractivity contribution is 5.80. The van der Waals surface area contributed by atoms with Crippen LogP contribution in [0.2, 0.25) is 0 Å². The first-order valence-electron chi connectivity index (χ1n) is 8.51. The van der Waals surface area contributed by atoms with Crippen LogP contribution in [-0.2, 0) is 4.84 Å². The molecule has 1 atom stereocenters. The molecule has 0 saturated carbocycles. The summed E-state index contributed by atoms with van der Waals surface area (Å²) in [6.45, 7) is 6.97. The van der Waals surface area contributed by atoms with Crippen molar-refractivity contribution in [2.75, 3.05) is 0 Å². The van der Waals surface area contributed by atoms with Crippen LogP contribution in [0.25, 0.3) is 4.85 Å². The molecule has 3 aromatic rings. The molecule has 0 unspecified atom stereocenters. The van der Waals surface area contributed by atoms with E-state index >= 15 is 0 Å². The van der Waals surface area contributed by atoms with Gasteiger partial charge in [0.05, 0.1) is 13.0 Å². The van der Waals surface area contributed by atoms with E-state index in [0.717, 1.165) is 17.1 Å². The lowest BCUT2D eigenvalue weighted by molar-refractivity contribution is 0.0855. The molecule has 0 aliphatic carbocycles. The van der Waals surface area contributed by atoms with Gasteiger partial charge in [0, 0.05) is 0 Å². The lowest BCUT2D eigenvalue weighted by Gasteiger charge is -2.10. The summed E-state index contributed by atoms with van der Waals surface area (Å²) < 4.78 is 11.5. The molecule has 27 heavy (non-hydrogen) atoms. The smallest absolute Gasteiger partial charge is 0.235 e. The lowest BCUT2D eigenvalue weighted by atomic mass is 10.1. The van der Waals surface area contributed by atoms with Gasteiger partial charge in [0.2, 0.25) is 5.90 Å². The summed E-state index contributed by atoms with van der Waals surface area (Å²) in [5.74, 6) is 2.71. The molecule has 1 heterocycles. The van der Waals surface area contributed by atoms with Gasteiger partial charge < -0.3 is 14.3 Å². The Morgan fingerprint density at radius 1 is 0.815 bits per heavy atom. The van der Waals surface area contributed by atoms with Crippen LogP contribution in [0.15, 0.2) is 84.0 Å². The maximum atomic E-state index is 6.97. The fourth-order valence-corrected chi connectivity index (χ4v) is 2.69. The highest BCUT2D eigenvalue weighted by Gasteiger charge is 2.24. The molecule has 5 heteroatoms. The van der Waals surface area contributed by atoms with E-state index in [0.29, 0.717) is 23.8 Å². The van der Waals surface area contributed by atoms with Crippen LogP contribution < -0.4 is 9.47 Å². The van der Waals surface area contributed by atoms with Crippen molar-refractivity contribution in [1.29, 1.82) is 0 Å². The molecular weight excluding hydrogens is 340 g/mol. The molecule has 0 N–H and O–H groups in total. The Morgan fingerprint density at radius 3 is 2.15 bits per heavy atom. The Balaban J connectivity index is 1.35. The summed E-state index contributed by atoms with van der Waals surface area (Å²) in [6, 6.07) is 24.3. The van der Waals surface area contributed by atoms with Gasteiger partial charge >= 0.3 is 0 Å². The quantitative estimate of drug-likeness (QED) is 0.548. The van der Waals surface area contributed by atoms with Gasteiger partial charge in [0.25, 0.3) is 0 Å². The zero-order chi connectivity index (χ0) is 18.5. The van der Waals surface area contributed by atoms with Crippen LogP contribution >= 0.6 is 0 Å². The number of nitrogens with zero attached hydrogens (tertiary/aromatic N) is 2. The Morgan fingerprint density at radius 2 is 1.44 bits per heavy atom. The molecule has 132 valence electrons. The number of para-hydroxylation sites is 1. The molecule has 4 rings (SSSR count). The number of hydrogen-bond acceptors (Lipinski definition) is 4. The maximum Gasteiger partial charge on any atom is 0.235 e. The monoisotopic (exact) mass is 356 g/mol. The predicted octanol–water partition coefficient (Wildman–Crippen LogP) is 5.88. The fraction of sp³-hybridized carbons (Fsp3) is 0.0909. The van der Waals surface area contributed by atoms with Crippen LogP contribution in [0.1, 0.15) is 18.1 Å². The topological polar surface area (TPSA) is 44.4 Å². The molecule has 0 bridgehead atoms. The zero-order valence-corrected chi connectivity index (χ0v) is 14.4. The van der Waals surface area contributed by atoms with Crippen LogP contribution in [-0.4, -0.2) is 5.90 Å². The van der Waals surface area contributed by atoms with Crippen molar-refractivity contribution in [1.82, 2.24) is 0 Å². The summed E-state index contributed by atoms with van der Waals surface area (Å²) in [6.07, 6.45) is 0.358. The number of rotatable bonds is 4. The molecule has 1 aliphatic rings. The van der Waals surface area contributed by atoms with Crippen LogP contribution in [0.4, 0.5) is 5.69 Å². The second-order valence-corrected chi connectivity index (χ2v) is 5.98. The van der Waals surface area contributed by atoms with Crippen molar-refractivity contribution in [2.24, 2.45) is 5.16 Å². The summed E-state index contributed by atoms with van der Waals surface area (Å²) in [5, 5.41) is 4.02. The van der Waals surface area contributed by atoms with Crippen molar-refractivity contribution >= 4 is 11.6 Å². The van der Waals surface area contributed by atoms with Gasteiger partial charge in [-0.3, -0.25) is 0 Å². The molecule has 0 fully saturated rings. The van der Waals surface area contributed by atoms with Gasteiger partial charge in [-0.2, -0.15) is 0 Å². The second-order valence-electron chi connectivity index (χ2n) is 5.98. The standard InChI is InChI=1S/C22H16N2O3/c1-23-17-9-13-20(14-10-17)26-22-15-21(27-24-22)16-7-11-19(12-8-16)25-18-5-3-2-4-6-18/h2-14,21H,15H2/t21-/m1/s1. The van der Waals surface area contributed by atoms with E-state index in [1.165, 1.54) is 0 Å². The van der Waals surface area contributed by atoms with Crippen LogP contribution in [0.5, 0.6) is 17.2 Å². The minimum absolute atomic E-state index is 0.187. The minimum atomic E-state index is -0.187. The molecular formula is C22H16N2O3. The maximum absolute atomic E-state index is 6.97. The average molecular weight is 356 g/mol. The third-order valence-electron chi connectivity index (χ3n) is 4.07. The molecule has 1 aliphatic heterocycles. The molecule has 5 nitrogen and oxygen atoms in total. The molecule has 0 amide bonds. The van der Waals surface area contributed by atoms with E-state index in [1.807, 2.05) is 54.6 Å². The number of hydrogen-bond donors (Lipinski definition) is 0. The van der Waals surface area contributed by atoms with E-state index in [9.17, 15) is 0 Å². The largest absolute Gasteiger partial charge is 0.457 e. The van der Waals surface area contributed by atoms with Crippen molar-refractivity contribution in [3.8, 4) is 17.2 Å². The third kappa shape index (κ3) is 4.07. The van der Waals surface area contributed by atoms with Gasteiger partial charge in [0.15, 0.2) is 11.8 Å². The first-order chi connectivity index (χ1) is 13.3. The predicted molar refractivity (Wildman–Crippen MR) is 102 cm³/mol. The zero-order valence-electron chi connectivity index (χ0n) is 14.4. The van der Waals surface area contributed by atoms with Crippen LogP contribution in [0.3, 0.4) is 0 Å². The molecule has 3 aromatic carbocycles.